The summed E-state index contributed by atoms with van der Waals surface area (Å²) < 4.78 is 52.4. The number of hydrogen-bond acceptors (Lipinski definition) is 5. The fourth-order valence-corrected chi connectivity index (χ4v) is 3.91. The number of alkyl halides is 3. The van der Waals surface area contributed by atoms with E-state index in [0.717, 1.165) is 25.0 Å². The molecule has 0 radical (unpaired) electrons. The third-order valence-corrected chi connectivity index (χ3v) is 6.01. The van der Waals surface area contributed by atoms with Gasteiger partial charge < -0.3 is 24.3 Å². The summed E-state index contributed by atoms with van der Waals surface area (Å²) in [5.41, 5.74) is 1.42. The van der Waals surface area contributed by atoms with E-state index in [9.17, 15) is 27.9 Å². The van der Waals surface area contributed by atoms with Crippen molar-refractivity contribution in [3.05, 3.63) is 72.0 Å². The van der Waals surface area contributed by atoms with Crippen LogP contribution in [0.15, 0.2) is 65.3 Å². The second-order valence-electron chi connectivity index (χ2n) is 8.54. The maximum absolute atomic E-state index is 13.2. The number of amides is 1. The van der Waals surface area contributed by atoms with Crippen LogP contribution in [0.1, 0.15) is 49.0 Å². The first-order valence-corrected chi connectivity index (χ1v) is 11.7. The largest absolute Gasteiger partial charge is 0.573 e. The Hall–Kier alpha value is -3.95. The molecule has 37 heavy (non-hydrogen) atoms. The molecule has 0 saturated carbocycles. The fourth-order valence-electron chi connectivity index (χ4n) is 3.91. The molecule has 0 fully saturated rings. The van der Waals surface area contributed by atoms with E-state index in [1.807, 2.05) is 13.8 Å². The molecule has 0 bridgehead atoms. The first-order chi connectivity index (χ1) is 17.5. The average molecular weight is 520 g/mol. The Morgan fingerprint density at radius 2 is 1.76 bits per heavy atom. The number of benzene rings is 2. The SMILES string of the molecule is C=C(CC(CC)CC)[C@H](NC(=O)c1ccc2occc2c1OCc1ccc(OC(F)(F)F)cc1)C(=O)O. The minimum Gasteiger partial charge on any atom is -0.487 e. The Balaban J connectivity index is 1.82. The average Bonchev–Trinajstić information content (AvgIpc) is 3.33. The van der Waals surface area contributed by atoms with E-state index in [0.29, 0.717) is 28.5 Å². The number of ether oxygens (including phenoxy) is 2. The van der Waals surface area contributed by atoms with Crippen molar-refractivity contribution in [3.63, 3.8) is 0 Å². The molecule has 0 aliphatic carbocycles. The zero-order valence-electron chi connectivity index (χ0n) is 20.4. The molecule has 0 aliphatic rings. The van der Waals surface area contributed by atoms with Crippen molar-refractivity contribution in [1.29, 1.82) is 0 Å². The van der Waals surface area contributed by atoms with Gasteiger partial charge in [0, 0.05) is 0 Å². The van der Waals surface area contributed by atoms with Gasteiger partial charge >= 0.3 is 12.3 Å². The van der Waals surface area contributed by atoms with E-state index in [1.54, 1.807) is 12.1 Å². The van der Waals surface area contributed by atoms with Crippen molar-refractivity contribution in [2.75, 3.05) is 0 Å². The summed E-state index contributed by atoms with van der Waals surface area (Å²) in [4.78, 5) is 25.2. The van der Waals surface area contributed by atoms with Gasteiger partial charge in [-0.3, -0.25) is 4.79 Å². The van der Waals surface area contributed by atoms with E-state index in [1.165, 1.54) is 24.5 Å². The molecule has 3 rings (SSSR count). The van der Waals surface area contributed by atoms with Crippen molar-refractivity contribution < 1.29 is 41.8 Å². The van der Waals surface area contributed by atoms with Crippen LogP contribution in [-0.4, -0.2) is 29.4 Å². The van der Waals surface area contributed by atoms with Gasteiger partial charge in [-0.05, 0) is 53.8 Å². The van der Waals surface area contributed by atoms with Gasteiger partial charge in [0.05, 0.1) is 17.2 Å². The van der Waals surface area contributed by atoms with Crippen molar-refractivity contribution in [2.45, 2.75) is 52.1 Å². The molecular formula is C27H28F3NO6. The van der Waals surface area contributed by atoms with Gasteiger partial charge in [0.2, 0.25) is 0 Å². The molecule has 3 aromatic rings. The number of aliphatic carboxylic acids is 1. The molecule has 10 heteroatoms. The standard InChI is InChI=1S/C27H28F3NO6/c1-4-17(5-2)14-16(3)23(26(33)34)31-25(32)21-10-11-22-20(12-13-35-22)24(21)36-15-18-6-8-19(9-7-18)37-27(28,29)30/h6-13,17,23H,3-5,14-15H2,1-2H3,(H,31,32)(H,33,34)/t23-/m0/s1. The maximum Gasteiger partial charge on any atom is 0.573 e. The quantitative estimate of drug-likeness (QED) is 0.266. The molecule has 1 aromatic heterocycles. The first-order valence-electron chi connectivity index (χ1n) is 11.7. The molecule has 1 heterocycles. The van der Waals surface area contributed by atoms with Crippen LogP contribution in [0.25, 0.3) is 11.0 Å². The number of hydrogen-bond donors (Lipinski definition) is 2. The van der Waals surface area contributed by atoms with Gasteiger partial charge in [0.25, 0.3) is 5.91 Å². The predicted octanol–water partition coefficient (Wildman–Crippen LogP) is 6.48. The molecule has 0 aliphatic heterocycles. The molecule has 2 aromatic carbocycles. The molecule has 198 valence electrons. The van der Waals surface area contributed by atoms with Crippen molar-refractivity contribution >= 4 is 22.8 Å². The number of carboxylic acids is 1. The summed E-state index contributed by atoms with van der Waals surface area (Å²) >= 11 is 0. The van der Waals surface area contributed by atoms with Crippen molar-refractivity contribution in [2.24, 2.45) is 5.92 Å². The highest BCUT2D eigenvalue weighted by atomic mass is 19.4. The lowest BCUT2D eigenvalue weighted by atomic mass is 9.91. The Morgan fingerprint density at radius 1 is 1.08 bits per heavy atom. The molecule has 7 nitrogen and oxygen atoms in total. The number of carbonyl (C=O) groups is 2. The summed E-state index contributed by atoms with van der Waals surface area (Å²) in [6.07, 6.45) is -1.21. The number of carboxylic acid groups (broad SMARTS) is 1. The minimum atomic E-state index is -4.80. The second-order valence-corrected chi connectivity index (χ2v) is 8.54. The van der Waals surface area contributed by atoms with Gasteiger partial charge in [-0.2, -0.15) is 0 Å². The van der Waals surface area contributed by atoms with Crippen LogP contribution in [0.4, 0.5) is 13.2 Å². The van der Waals surface area contributed by atoms with E-state index in [4.69, 9.17) is 9.15 Å². The highest BCUT2D eigenvalue weighted by molar-refractivity contribution is 6.04. The first kappa shape index (κ1) is 27.6. The van der Waals surface area contributed by atoms with Crippen LogP contribution in [0.5, 0.6) is 11.5 Å². The fraction of sp³-hybridized carbons (Fsp3) is 0.333. The summed E-state index contributed by atoms with van der Waals surface area (Å²) in [6.45, 7) is 7.84. The van der Waals surface area contributed by atoms with Gasteiger partial charge in [-0.25, -0.2) is 4.79 Å². The summed E-state index contributed by atoms with van der Waals surface area (Å²) in [6, 6.07) is 8.44. The van der Waals surface area contributed by atoms with Crippen molar-refractivity contribution in [1.82, 2.24) is 5.32 Å². The lowest BCUT2D eigenvalue weighted by Crippen LogP contribution is -2.42. The number of fused-ring (bicyclic) bond motifs is 1. The third-order valence-electron chi connectivity index (χ3n) is 6.01. The normalized spacial score (nSPS) is 12.4. The number of furan rings is 1. The zero-order valence-corrected chi connectivity index (χ0v) is 20.4. The third kappa shape index (κ3) is 7.28. The Kier molecular flexibility index (Phi) is 8.86. The van der Waals surface area contributed by atoms with Crippen LogP contribution in [0, 0.1) is 5.92 Å². The minimum absolute atomic E-state index is 0.0764. The topological polar surface area (TPSA) is 98.0 Å². The van der Waals surface area contributed by atoms with Crippen molar-refractivity contribution in [3.8, 4) is 11.5 Å². The number of rotatable bonds is 12. The van der Waals surface area contributed by atoms with E-state index in [-0.39, 0.29) is 29.6 Å². The Labute approximate surface area is 211 Å². The lowest BCUT2D eigenvalue weighted by molar-refractivity contribution is -0.274. The van der Waals surface area contributed by atoms with Crippen LogP contribution in [-0.2, 0) is 11.4 Å². The second kappa shape index (κ2) is 11.9. The van der Waals surface area contributed by atoms with E-state index >= 15 is 0 Å². The summed E-state index contributed by atoms with van der Waals surface area (Å²) in [7, 11) is 0. The molecule has 0 unspecified atom stereocenters. The molecule has 1 amide bonds. The van der Waals surface area contributed by atoms with E-state index < -0.39 is 24.3 Å². The number of nitrogens with one attached hydrogen (secondary N) is 1. The lowest BCUT2D eigenvalue weighted by Gasteiger charge is -2.21. The predicted molar refractivity (Wildman–Crippen MR) is 130 cm³/mol. The van der Waals surface area contributed by atoms with Gasteiger partial charge in [-0.15, -0.1) is 13.2 Å². The zero-order chi connectivity index (χ0) is 27.2. The highest BCUT2D eigenvalue weighted by Gasteiger charge is 2.31. The molecule has 0 saturated heterocycles. The van der Waals surface area contributed by atoms with Gasteiger partial charge in [0.1, 0.15) is 29.7 Å². The van der Waals surface area contributed by atoms with Gasteiger partial charge in [0.15, 0.2) is 0 Å². The summed E-state index contributed by atoms with van der Waals surface area (Å²) in [5, 5.41) is 12.8. The van der Waals surface area contributed by atoms with Crippen LogP contribution in [0.2, 0.25) is 0 Å². The molecule has 0 spiro atoms. The molecule has 1 atom stereocenters. The monoisotopic (exact) mass is 519 g/mol. The summed E-state index contributed by atoms with van der Waals surface area (Å²) in [5.74, 6) is -1.88. The van der Waals surface area contributed by atoms with Crippen LogP contribution >= 0.6 is 0 Å². The number of carbonyl (C=O) groups excluding carboxylic acids is 1. The smallest absolute Gasteiger partial charge is 0.487 e. The van der Waals surface area contributed by atoms with Gasteiger partial charge in [-0.1, -0.05) is 45.4 Å². The number of halogens is 3. The Morgan fingerprint density at radius 3 is 2.35 bits per heavy atom. The molecule has 2 N–H and O–H groups in total. The van der Waals surface area contributed by atoms with E-state index in [2.05, 4.69) is 16.6 Å². The van der Waals surface area contributed by atoms with Crippen LogP contribution in [0.3, 0.4) is 0 Å². The Bertz CT molecular complexity index is 1250. The maximum atomic E-state index is 13.2. The van der Waals surface area contributed by atoms with Crippen LogP contribution < -0.4 is 14.8 Å². The highest BCUT2D eigenvalue weighted by Crippen LogP contribution is 2.32. The molecular weight excluding hydrogens is 491 g/mol.